The van der Waals surface area contributed by atoms with E-state index < -0.39 is 10.0 Å². The molecule has 5 nitrogen and oxygen atoms in total. The monoisotopic (exact) mass is 271 g/mol. The summed E-state index contributed by atoms with van der Waals surface area (Å²) in [6.07, 6.45) is 1.69. The van der Waals surface area contributed by atoms with E-state index in [2.05, 4.69) is 9.82 Å². The smallest absolute Gasteiger partial charge is 0.271 e. The number of hydrogen-bond acceptors (Lipinski definition) is 4. The molecule has 0 spiro atoms. The summed E-state index contributed by atoms with van der Waals surface area (Å²) in [6, 6.07) is 3.29. The molecule has 0 amide bonds. The van der Waals surface area contributed by atoms with Crippen LogP contribution in [0.15, 0.2) is 27.9 Å². The van der Waals surface area contributed by atoms with Gasteiger partial charge in [0, 0.05) is 12.7 Å². The first-order valence-electron chi connectivity index (χ1n) is 5.13. The predicted octanol–water partition coefficient (Wildman–Crippen LogP) is 2.07. The van der Waals surface area contributed by atoms with E-state index in [1.54, 1.807) is 35.3 Å². The van der Waals surface area contributed by atoms with Gasteiger partial charge in [-0.15, -0.1) is 11.3 Å². The van der Waals surface area contributed by atoms with Crippen molar-refractivity contribution < 1.29 is 8.42 Å². The lowest BCUT2D eigenvalue weighted by Gasteiger charge is -2.03. The SMILES string of the molecule is CCn1cc(NS(=O)(=O)c2cccs2)c(C)n1. The lowest BCUT2D eigenvalue weighted by atomic mass is 10.4. The van der Waals surface area contributed by atoms with Crippen LogP contribution >= 0.6 is 11.3 Å². The molecule has 1 N–H and O–H groups in total. The van der Waals surface area contributed by atoms with Crippen LogP contribution in [0.4, 0.5) is 5.69 Å². The van der Waals surface area contributed by atoms with Crippen LogP contribution in [0.5, 0.6) is 0 Å². The first kappa shape index (κ1) is 12.1. The zero-order chi connectivity index (χ0) is 12.5. The molecule has 0 aliphatic rings. The molecular weight excluding hydrogens is 258 g/mol. The highest BCUT2D eigenvalue weighted by Crippen LogP contribution is 2.21. The van der Waals surface area contributed by atoms with Crippen LogP contribution < -0.4 is 4.72 Å². The van der Waals surface area contributed by atoms with Gasteiger partial charge in [0.1, 0.15) is 4.21 Å². The average Bonchev–Trinajstić information content (AvgIpc) is 2.88. The second-order valence-electron chi connectivity index (χ2n) is 3.52. The Morgan fingerprint density at radius 2 is 2.29 bits per heavy atom. The zero-order valence-electron chi connectivity index (χ0n) is 9.54. The van der Waals surface area contributed by atoms with Crippen molar-refractivity contribution in [1.82, 2.24) is 9.78 Å². The van der Waals surface area contributed by atoms with E-state index in [0.717, 1.165) is 0 Å². The molecule has 0 saturated carbocycles. The lowest BCUT2D eigenvalue weighted by molar-refractivity contribution is 0.603. The van der Waals surface area contributed by atoms with Crippen molar-refractivity contribution in [1.29, 1.82) is 0 Å². The van der Waals surface area contributed by atoms with Crippen LogP contribution in [0, 0.1) is 6.92 Å². The van der Waals surface area contributed by atoms with Crippen molar-refractivity contribution in [3.63, 3.8) is 0 Å². The van der Waals surface area contributed by atoms with E-state index in [1.165, 1.54) is 11.3 Å². The Hall–Kier alpha value is -1.34. The van der Waals surface area contributed by atoms with Crippen molar-refractivity contribution in [3.8, 4) is 0 Å². The van der Waals surface area contributed by atoms with E-state index in [1.807, 2.05) is 6.92 Å². The minimum absolute atomic E-state index is 0.307. The number of anilines is 1. The number of hydrogen-bond donors (Lipinski definition) is 1. The van der Waals surface area contributed by atoms with Gasteiger partial charge in [0.2, 0.25) is 0 Å². The topological polar surface area (TPSA) is 64.0 Å². The van der Waals surface area contributed by atoms with Crippen LogP contribution in [-0.4, -0.2) is 18.2 Å². The first-order chi connectivity index (χ1) is 8.03. The molecule has 0 unspecified atom stereocenters. The van der Waals surface area contributed by atoms with Crippen molar-refractivity contribution in [2.75, 3.05) is 4.72 Å². The molecule has 0 saturated heterocycles. The maximum atomic E-state index is 12.0. The minimum atomic E-state index is -3.47. The van der Waals surface area contributed by atoms with Crippen LogP contribution in [0.1, 0.15) is 12.6 Å². The molecule has 2 rings (SSSR count). The Balaban J connectivity index is 2.29. The summed E-state index contributed by atoms with van der Waals surface area (Å²) in [4.78, 5) is 0. The highest BCUT2D eigenvalue weighted by atomic mass is 32.2. The largest absolute Gasteiger partial charge is 0.275 e. The quantitative estimate of drug-likeness (QED) is 0.926. The Bertz CT molecular complexity index is 600. The molecule has 2 aromatic heterocycles. The summed E-state index contributed by atoms with van der Waals surface area (Å²) in [5.74, 6) is 0. The molecule has 0 bridgehead atoms. The van der Waals surface area contributed by atoms with Crippen LogP contribution in [0.3, 0.4) is 0 Å². The Kier molecular flexibility index (Phi) is 3.21. The molecule has 2 aromatic rings. The molecule has 0 aliphatic carbocycles. The van der Waals surface area contributed by atoms with Gasteiger partial charge in [-0.2, -0.15) is 5.10 Å². The number of rotatable bonds is 4. The fraction of sp³-hybridized carbons (Fsp3) is 0.300. The number of sulfonamides is 1. The highest BCUT2D eigenvalue weighted by Gasteiger charge is 2.17. The molecule has 7 heteroatoms. The Morgan fingerprint density at radius 3 is 2.82 bits per heavy atom. The lowest BCUT2D eigenvalue weighted by Crippen LogP contribution is -2.11. The third kappa shape index (κ3) is 2.50. The normalized spacial score (nSPS) is 11.6. The minimum Gasteiger partial charge on any atom is -0.275 e. The van der Waals surface area contributed by atoms with Crippen LogP contribution in [-0.2, 0) is 16.6 Å². The molecule has 0 aliphatic heterocycles. The average molecular weight is 271 g/mol. The highest BCUT2D eigenvalue weighted by molar-refractivity contribution is 7.94. The molecular formula is C10H13N3O2S2. The second kappa shape index (κ2) is 4.50. The van der Waals surface area contributed by atoms with E-state index in [0.29, 0.717) is 22.1 Å². The van der Waals surface area contributed by atoms with E-state index >= 15 is 0 Å². The van der Waals surface area contributed by atoms with Crippen LogP contribution in [0.2, 0.25) is 0 Å². The summed E-state index contributed by atoms with van der Waals surface area (Å²) < 4.78 is 28.5. The van der Waals surface area contributed by atoms with Crippen molar-refractivity contribution in [2.24, 2.45) is 0 Å². The van der Waals surface area contributed by atoms with E-state index in [4.69, 9.17) is 0 Å². The Labute approximate surface area is 104 Å². The third-order valence-corrected chi connectivity index (χ3v) is 5.04. The third-order valence-electron chi connectivity index (χ3n) is 2.27. The van der Waals surface area contributed by atoms with Gasteiger partial charge in [0.15, 0.2) is 0 Å². The Morgan fingerprint density at radius 1 is 1.53 bits per heavy atom. The van der Waals surface area contributed by atoms with Gasteiger partial charge in [0.05, 0.1) is 11.4 Å². The predicted molar refractivity (Wildman–Crippen MR) is 67.8 cm³/mol. The van der Waals surface area contributed by atoms with Gasteiger partial charge in [0.25, 0.3) is 10.0 Å². The van der Waals surface area contributed by atoms with Gasteiger partial charge in [-0.05, 0) is 25.3 Å². The number of nitrogens with zero attached hydrogens (tertiary/aromatic N) is 2. The maximum Gasteiger partial charge on any atom is 0.271 e. The summed E-state index contributed by atoms with van der Waals surface area (Å²) in [6.45, 7) is 4.43. The molecule has 0 atom stereocenters. The molecule has 2 heterocycles. The molecule has 0 aromatic carbocycles. The van der Waals surface area contributed by atoms with Gasteiger partial charge in [-0.3, -0.25) is 9.40 Å². The number of thiophene rings is 1. The van der Waals surface area contributed by atoms with Crippen molar-refractivity contribution in [3.05, 3.63) is 29.4 Å². The maximum absolute atomic E-state index is 12.0. The molecule has 92 valence electrons. The number of aromatic nitrogens is 2. The van der Waals surface area contributed by atoms with Gasteiger partial charge in [-0.1, -0.05) is 6.07 Å². The van der Waals surface area contributed by atoms with Crippen molar-refractivity contribution >= 4 is 27.0 Å². The standard InChI is InChI=1S/C10H13N3O2S2/c1-3-13-7-9(8(2)11-13)12-17(14,15)10-5-4-6-16-10/h4-7,12H,3H2,1-2H3. The number of aryl methyl sites for hydroxylation is 2. The van der Waals surface area contributed by atoms with Crippen molar-refractivity contribution in [2.45, 2.75) is 24.6 Å². The second-order valence-corrected chi connectivity index (χ2v) is 6.38. The summed E-state index contributed by atoms with van der Waals surface area (Å²) in [7, 11) is -3.47. The van der Waals surface area contributed by atoms with Crippen LogP contribution in [0.25, 0.3) is 0 Å². The van der Waals surface area contributed by atoms with Gasteiger partial charge >= 0.3 is 0 Å². The summed E-state index contributed by atoms with van der Waals surface area (Å²) in [5, 5.41) is 5.92. The van der Waals surface area contributed by atoms with E-state index in [-0.39, 0.29) is 0 Å². The zero-order valence-corrected chi connectivity index (χ0v) is 11.2. The fourth-order valence-corrected chi connectivity index (χ4v) is 3.49. The first-order valence-corrected chi connectivity index (χ1v) is 7.49. The van der Waals surface area contributed by atoms with Gasteiger partial charge < -0.3 is 0 Å². The van der Waals surface area contributed by atoms with E-state index in [9.17, 15) is 8.42 Å². The molecule has 17 heavy (non-hydrogen) atoms. The van der Waals surface area contributed by atoms with Gasteiger partial charge in [-0.25, -0.2) is 8.42 Å². The molecule has 0 radical (unpaired) electrons. The number of nitrogens with one attached hydrogen (secondary N) is 1. The molecule has 0 fully saturated rings. The fourth-order valence-electron chi connectivity index (χ4n) is 1.39. The summed E-state index contributed by atoms with van der Waals surface area (Å²) in [5.41, 5.74) is 1.20. The summed E-state index contributed by atoms with van der Waals surface area (Å²) >= 11 is 1.19.